The van der Waals surface area contributed by atoms with Gasteiger partial charge in [0.25, 0.3) is 0 Å². The standard InChI is InChI=1S/C12H22N2O4S.C2H6O.C2H6/c1-3-18-7-5-13-11(16)4-6-14(9-15)12(17)8-10(2)19;1-2-3;1-2/h9-10,19H,3-8H2,1-2H3,(H,13,16);3H,2H2,1H3;1-2H3. The Morgan fingerprint density at radius 3 is 2.29 bits per heavy atom. The summed E-state index contributed by atoms with van der Waals surface area (Å²) in [5.74, 6) is -0.530. The Kier molecular flexibility index (Phi) is 25.3. The van der Waals surface area contributed by atoms with Crippen molar-refractivity contribution in [1.29, 1.82) is 0 Å². The van der Waals surface area contributed by atoms with E-state index in [9.17, 15) is 14.4 Å². The summed E-state index contributed by atoms with van der Waals surface area (Å²) in [7, 11) is 0. The smallest absolute Gasteiger partial charge is 0.230 e. The quantitative estimate of drug-likeness (QED) is 0.307. The second-order valence-corrected chi connectivity index (χ2v) is 5.24. The number of carbonyl (C=O) groups is 3. The summed E-state index contributed by atoms with van der Waals surface area (Å²) in [6.07, 6.45) is 0.720. The fourth-order valence-electron chi connectivity index (χ4n) is 1.32. The van der Waals surface area contributed by atoms with Crippen LogP contribution >= 0.6 is 12.6 Å². The highest BCUT2D eigenvalue weighted by atomic mass is 32.1. The average molecular weight is 367 g/mol. The van der Waals surface area contributed by atoms with E-state index in [2.05, 4.69) is 17.9 Å². The minimum atomic E-state index is -0.320. The zero-order valence-corrected chi connectivity index (χ0v) is 16.5. The summed E-state index contributed by atoms with van der Waals surface area (Å²) in [4.78, 5) is 34.8. The minimum Gasteiger partial charge on any atom is -0.397 e. The predicted molar refractivity (Wildman–Crippen MR) is 99.1 cm³/mol. The molecule has 1 unspecified atom stereocenters. The molecule has 0 saturated heterocycles. The summed E-state index contributed by atoms with van der Waals surface area (Å²) in [6, 6.07) is 0. The Morgan fingerprint density at radius 1 is 1.33 bits per heavy atom. The van der Waals surface area contributed by atoms with E-state index in [1.165, 1.54) is 0 Å². The number of amides is 3. The molecular weight excluding hydrogens is 332 g/mol. The highest BCUT2D eigenvalue weighted by Crippen LogP contribution is 2.03. The van der Waals surface area contributed by atoms with Gasteiger partial charge in [0.2, 0.25) is 18.2 Å². The van der Waals surface area contributed by atoms with Crippen LogP contribution < -0.4 is 5.32 Å². The van der Waals surface area contributed by atoms with Crippen molar-refractivity contribution >= 4 is 30.9 Å². The number of rotatable bonds is 10. The van der Waals surface area contributed by atoms with Crippen LogP contribution in [-0.2, 0) is 19.1 Å². The van der Waals surface area contributed by atoms with Crippen molar-refractivity contribution in [1.82, 2.24) is 10.2 Å². The number of thiol groups is 1. The van der Waals surface area contributed by atoms with Crippen LogP contribution in [0.25, 0.3) is 0 Å². The number of nitrogens with zero attached hydrogens (tertiary/aromatic N) is 1. The molecule has 0 aliphatic carbocycles. The number of aliphatic hydroxyl groups excluding tert-OH is 1. The van der Waals surface area contributed by atoms with Crippen LogP contribution in [0.5, 0.6) is 0 Å². The molecule has 0 heterocycles. The summed E-state index contributed by atoms with van der Waals surface area (Å²) < 4.78 is 5.07. The molecule has 144 valence electrons. The van der Waals surface area contributed by atoms with E-state index in [-0.39, 0.29) is 43.1 Å². The van der Waals surface area contributed by atoms with Crippen molar-refractivity contribution in [3.8, 4) is 0 Å². The molecule has 0 fully saturated rings. The number of nitrogens with one attached hydrogen (secondary N) is 1. The van der Waals surface area contributed by atoms with Crippen LogP contribution in [0.3, 0.4) is 0 Å². The number of hydrogen-bond donors (Lipinski definition) is 3. The maximum absolute atomic E-state index is 11.6. The van der Waals surface area contributed by atoms with Crippen LogP contribution in [0.1, 0.15) is 47.5 Å². The lowest BCUT2D eigenvalue weighted by Gasteiger charge is -2.16. The first-order valence-corrected chi connectivity index (χ1v) is 8.82. The third-order valence-corrected chi connectivity index (χ3v) is 2.45. The molecular formula is C16H34N2O5S. The van der Waals surface area contributed by atoms with E-state index < -0.39 is 0 Å². The summed E-state index contributed by atoms with van der Waals surface area (Å²) in [5, 5.41) is 10.1. The molecule has 7 nitrogen and oxygen atoms in total. The summed E-state index contributed by atoms with van der Waals surface area (Å²) >= 11 is 4.09. The third kappa shape index (κ3) is 20.9. The fourth-order valence-corrected chi connectivity index (χ4v) is 1.48. The van der Waals surface area contributed by atoms with Crippen LogP contribution in [0.4, 0.5) is 0 Å². The molecule has 0 aromatic carbocycles. The maximum Gasteiger partial charge on any atom is 0.230 e. The second kappa shape index (κ2) is 21.9. The van der Waals surface area contributed by atoms with Gasteiger partial charge in [-0.25, -0.2) is 0 Å². The van der Waals surface area contributed by atoms with Gasteiger partial charge in [-0.3, -0.25) is 19.3 Å². The topological polar surface area (TPSA) is 95.9 Å². The molecule has 0 aromatic heterocycles. The molecule has 24 heavy (non-hydrogen) atoms. The lowest BCUT2D eigenvalue weighted by molar-refractivity contribution is -0.138. The number of hydrogen-bond acceptors (Lipinski definition) is 6. The molecule has 0 aliphatic rings. The Hall–Kier alpha value is -1.12. The van der Waals surface area contributed by atoms with E-state index in [1.807, 2.05) is 20.8 Å². The minimum absolute atomic E-state index is 0.0866. The summed E-state index contributed by atoms with van der Waals surface area (Å²) in [5.41, 5.74) is 0. The first-order chi connectivity index (χ1) is 11.4. The van der Waals surface area contributed by atoms with Crippen LogP contribution in [0, 0.1) is 0 Å². The molecule has 0 radical (unpaired) electrons. The van der Waals surface area contributed by atoms with E-state index in [4.69, 9.17) is 9.84 Å². The van der Waals surface area contributed by atoms with Gasteiger partial charge in [-0.1, -0.05) is 20.8 Å². The number of carbonyl (C=O) groups excluding carboxylic acids is 3. The van der Waals surface area contributed by atoms with Crippen molar-refractivity contribution in [3.05, 3.63) is 0 Å². The molecule has 0 bridgehead atoms. The largest absolute Gasteiger partial charge is 0.397 e. The van der Waals surface area contributed by atoms with Crippen LogP contribution in [0.15, 0.2) is 0 Å². The van der Waals surface area contributed by atoms with Gasteiger partial charge in [0.05, 0.1) is 6.61 Å². The van der Waals surface area contributed by atoms with Gasteiger partial charge in [-0.15, -0.1) is 0 Å². The van der Waals surface area contributed by atoms with E-state index in [1.54, 1.807) is 13.8 Å². The van der Waals surface area contributed by atoms with Crippen LogP contribution in [0.2, 0.25) is 0 Å². The van der Waals surface area contributed by atoms with Gasteiger partial charge < -0.3 is 15.2 Å². The van der Waals surface area contributed by atoms with E-state index in [0.717, 1.165) is 4.90 Å². The molecule has 0 saturated carbocycles. The normalized spacial score (nSPS) is 10.3. The maximum atomic E-state index is 11.6. The van der Waals surface area contributed by atoms with Crippen molar-refractivity contribution in [2.75, 3.05) is 32.9 Å². The Bertz CT molecular complexity index is 315. The lowest BCUT2D eigenvalue weighted by atomic mass is 10.3. The SMILES string of the molecule is CC.CCO.CCOCCNC(=O)CCN(C=O)C(=O)CC(C)S. The first kappa shape index (κ1) is 27.7. The zero-order valence-electron chi connectivity index (χ0n) is 15.6. The number of aliphatic hydroxyl groups is 1. The average Bonchev–Trinajstić information content (AvgIpc) is 2.54. The number of ether oxygens (including phenoxy) is 1. The van der Waals surface area contributed by atoms with Gasteiger partial charge >= 0.3 is 0 Å². The molecule has 0 aliphatic heterocycles. The van der Waals surface area contributed by atoms with E-state index >= 15 is 0 Å². The fraction of sp³-hybridized carbons (Fsp3) is 0.812. The Balaban J connectivity index is -0.000000786. The third-order valence-electron chi connectivity index (χ3n) is 2.27. The highest BCUT2D eigenvalue weighted by molar-refractivity contribution is 7.80. The van der Waals surface area contributed by atoms with E-state index in [0.29, 0.717) is 26.2 Å². The van der Waals surface area contributed by atoms with Gasteiger partial charge in [-0.2, -0.15) is 12.6 Å². The van der Waals surface area contributed by atoms with Crippen LogP contribution in [-0.4, -0.2) is 66.4 Å². The van der Waals surface area contributed by atoms with Gasteiger partial charge in [-0.05, 0) is 13.8 Å². The van der Waals surface area contributed by atoms with Crippen molar-refractivity contribution < 1.29 is 24.2 Å². The molecule has 0 rings (SSSR count). The van der Waals surface area contributed by atoms with Gasteiger partial charge in [0, 0.05) is 44.4 Å². The van der Waals surface area contributed by atoms with Gasteiger partial charge in [0.1, 0.15) is 0 Å². The molecule has 0 aromatic rings. The van der Waals surface area contributed by atoms with Crippen molar-refractivity contribution in [2.45, 2.75) is 52.7 Å². The number of imide groups is 1. The highest BCUT2D eigenvalue weighted by Gasteiger charge is 2.15. The lowest BCUT2D eigenvalue weighted by Crippen LogP contribution is -2.35. The zero-order chi connectivity index (χ0) is 19.4. The Morgan fingerprint density at radius 2 is 1.88 bits per heavy atom. The first-order valence-electron chi connectivity index (χ1n) is 8.30. The molecule has 1 atom stereocenters. The molecule has 2 N–H and O–H groups in total. The van der Waals surface area contributed by atoms with Gasteiger partial charge in [0.15, 0.2) is 0 Å². The molecule has 0 spiro atoms. The van der Waals surface area contributed by atoms with Crippen molar-refractivity contribution in [2.24, 2.45) is 0 Å². The summed E-state index contributed by atoms with van der Waals surface area (Å²) in [6.45, 7) is 11.1. The monoisotopic (exact) mass is 366 g/mol. The van der Waals surface area contributed by atoms with Crippen molar-refractivity contribution in [3.63, 3.8) is 0 Å². The Labute approximate surface area is 151 Å². The second-order valence-electron chi connectivity index (χ2n) is 4.36. The predicted octanol–water partition coefficient (Wildman–Crippen LogP) is 1.25. The molecule has 8 heteroatoms. The molecule has 3 amide bonds.